The molecule has 2 aromatic heterocycles. The van der Waals surface area contributed by atoms with E-state index in [1.807, 2.05) is 29.2 Å². The Bertz CT molecular complexity index is 1130. The lowest BCUT2D eigenvalue weighted by atomic mass is 9.73. The molecule has 1 amide bonds. The van der Waals surface area contributed by atoms with Crippen molar-refractivity contribution in [2.45, 2.75) is 62.8 Å². The topological polar surface area (TPSA) is 87.9 Å². The van der Waals surface area contributed by atoms with Crippen LogP contribution in [0.1, 0.15) is 77.6 Å². The molecule has 174 valence electrons. The zero-order valence-electron chi connectivity index (χ0n) is 19.2. The number of hydrogen-bond acceptors (Lipinski definition) is 6. The number of hydrogen-bond donors (Lipinski definition) is 2. The molecule has 0 bridgehead atoms. The number of fused-ring (bicyclic) bond motifs is 1. The number of thioether (sulfide) groups is 1. The summed E-state index contributed by atoms with van der Waals surface area (Å²) >= 11 is 3.27. The third-order valence-corrected chi connectivity index (χ3v) is 9.36. The van der Waals surface area contributed by atoms with Crippen LogP contribution in [0.5, 0.6) is 0 Å². The van der Waals surface area contributed by atoms with Crippen LogP contribution in [0.25, 0.3) is 0 Å². The van der Waals surface area contributed by atoms with Crippen LogP contribution in [0.4, 0.5) is 5.69 Å². The number of amides is 1. The predicted octanol–water partition coefficient (Wildman–Crippen LogP) is 5.66. The number of para-hydroxylation sites is 1. The van der Waals surface area contributed by atoms with E-state index in [0.717, 1.165) is 51.1 Å². The normalized spacial score (nSPS) is 20.5. The molecular weight excluding hydrogens is 450 g/mol. The van der Waals surface area contributed by atoms with Crippen molar-refractivity contribution in [1.82, 2.24) is 19.9 Å². The lowest BCUT2D eigenvalue weighted by molar-refractivity contribution is 0.0682. The summed E-state index contributed by atoms with van der Waals surface area (Å²) in [5, 5.41) is 1.12. The molecule has 0 radical (unpaired) electrons. The number of rotatable bonds is 5. The molecule has 3 N–H and O–H groups in total. The molecule has 5 rings (SSSR count). The smallest absolute Gasteiger partial charge is 0.266 e. The maximum atomic E-state index is 13.6. The van der Waals surface area contributed by atoms with Crippen molar-refractivity contribution < 1.29 is 4.79 Å². The Morgan fingerprint density at radius 1 is 1.27 bits per heavy atom. The largest absolute Gasteiger partial charge is 0.398 e. The lowest BCUT2D eigenvalue weighted by Crippen LogP contribution is -2.41. The van der Waals surface area contributed by atoms with Gasteiger partial charge < -0.3 is 15.6 Å². The number of aromatic nitrogens is 3. The molecule has 1 aliphatic carbocycles. The van der Waals surface area contributed by atoms with Crippen LogP contribution in [-0.2, 0) is 6.42 Å². The third-order valence-electron chi connectivity index (χ3n) is 7.05. The van der Waals surface area contributed by atoms with E-state index < -0.39 is 0 Å². The Labute approximate surface area is 203 Å². The van der Waals surface area contributed by atoms with Crippen LogP contribution in [0.3, 0.4) is 0 Å². The van der Waals surface area contributed by atoms with Crippen molar-refractivity contribution >= 4 is 34.7 Å². The highest BCUT2D eigenvalue weighted by Crippen LogP contribution is 2.43. The summed E-state index contributed by atoms with van der Waals surface area (Å²) in [4.78, 5) is 29.9. The van der Waals surface area contributed by atoms with Gasteiger partial charge in [0.2, 0.25) is 0 Å². The van der Waals surface area contributed by atoms with Crippen LogP contribution >= 0.6 is 23.1 Å². The second kappa shape index (κ2) is 9.14. The van der Waals surface area contributed by atoms with E-state index in [0.29, 0.717) is 23.6 Å². The van der Waals surface area contributed by atoms with E-state index in [-0.39, 0.29) is 11.9 Å². The first-order valence-electron chi connectivity index (χ1n) is 11.7. The molecule has 0 spiro atoms. The van der Waals surface area contributed by atoms with Crippen molar-refractivity contribution in [3.63, 3.8) is 0 Å². The number of nitrogen functional groups attached to an aromatic ring is 1. The number of nitrogens with one attached hydrogen (secondary N) is 1. The molecule has 0 saturated heterocycles. The maximum absolute atomic E-state index is 13.6. The minimum Gasteiger partial charge on any atom is -0.398 e. The molecular formula is C25H31N5OS2. The van der Waals surface area contributed by atoms with Gasteiger partial charge in [0.25, 0.3) is 5.91 Å². The number of carbonyl (C=O) groups is 1. The summed E-state index contributed by atoms with van der Waals surface area (Å²) < 4.78 is 0. The van der Waals surface area contributed by atoms with Crippen LogP contribution in [0.15, 0.2) is 41.7 Å². The minimum atomic E-state index is -0.0989. The highest BCUT2D eigenvalue weighted by molar-refractivity contribution is 7.99. The van der Waals surface area contributed by atoms with Gasteiger partial charge in [0.1, 0.15) is 4.88 Å². The van der Waals surface area contributed by atoms with Crippen molar-refractivity contribution in [2.24, 2.45) is 5.41 Å². The number of nitrogens with two attached hydrogens (primary N) is 1. The molecule has 2 aliphatic rings. The molecule has 8 heteroatoms. The highest BCUT2D eigenvalue weighted by atomic mass is 32.2. The molecule has 1 saturated carbocycles. The number of imidazole rings is 1. The van der Waals surface area contributed by atoms with Gasteiger partial charge in [-0.2, -0.15) is 0 Å². The van der Waals surface area contributed by atoms with E-state index in [1.165, 1.54) is 12.8 Å². The Hall–Kier alpha value is -2.32. The van der Waals surface area contributed by atoms with E-state index in [1.54, 1.807) is 35.6 Å². The first-order valence-corrected chi connectivity index (χ1v) is 13.5. The average molecular weight is 482 g/mol. The van der Waals surface area contributed by atoms with Crippen molar-refractivity contribution in [1.29, 1.82) is 0 Å². The monoisotopic (exact) mass is 481 g/mol. The number of benzene rings is 1. The quantitative estimate of drug-likeness (QED) is 0.362. The summed E-state index contributed by atoms with van der Waals surface area (Å²) in [6.45, 7) is 5.37. The second-order valence-electron chi connectivity index (χ2n) is 9.88. The second-order valence-corrected chi connectivity index (χ2v) is 12.0. The molecule has 3 aromatic rings. The Morgan fingerprint density at radius 3 is 2.85 bits per heavy atom. The summed E-state index contributed by atoms with van der Waals surface area (Å²) in [6, 6.07) is 7.78. The summed E-state index contributed by atoms with van der Waals surface area (Å²) in [6.07, 6.45) is 9.08. The standard InChI is InChI=1S/C25H31N5OS2/c1-25(2)10-7-16(8-11-25)23-27-13-21(33-23)24(31)30-12-9-18-22(29-15-28-18)19(30)14-32-20-6-4-3-5-17(20)26/h3-6,13,15-16,19H,7-12,14,26H2,1-2H3,(H,28,29). The maximum Gasteiger partial charge on any atom is 0.266 e. The lowest BCUT2D eigenvalue weighted by Gasteiger charge is -2.34. The van der Waals surface area contributed by atoms with Crippen LogP contribution in [0, 0.1) is 5.41 Å². The molecule has 1 atom stereocenters. The van der Waals surface area contributed by atoms with Crippen LogP contribution in [-0.4, -0.2) is 38.1 Å². The number of nitrogens with zero attached hydrogens (tertiary/aromatic N) is 3. The molecule has 33 heavy (non-hydrogen) atoms. The summed E-state index contributed by atoms with van der Waals surface area (Å²) in [7, 11) is 0. The number of aromatic amines is 1. The molecule has 1 unspecified atom stereocenters. The highest BCUT2D eigenvalue weighted by Gasteiger charge is 2.35. The molecule has 1 aromatic carbocycles. The van der Waals surface area contributed by atoms with Crippen molar-refractivity contribution in [2.75, 3.05) is 18.0 Å². The first-order chi connectivity index (χ1) is 15.9. The Balaban J connectivity index is 1.34. The van der Waals surface area contributed by atoms with Gasteiger partial charge in [-0.3, -0.25) is 4.79 Å². The fourth-order valence-corrected chi connectivity index (χ4v) is 7.04. The molecule has 6 nitrogen and oxygen atoms in total. The van der Waals surface area contributed by atoms with E-state index in [2.05, 4.69) is 23.8 Å². The molecule has 1 aliphatic heterocycles. The number of H-pyrrole nitrogens is 1. The van der Waals surface area contributed by atoms with Crippen molar-refractivity contribution in [3.8, 4) is 0 Å². The molecule has 3 heterocycles. The van der Waals surface area contributed by atoms with Gasteiger partial charge in [-0.25, -0.2) is 9.97 Å². The zero-order valence-corrected chi connectivity index (χ0v) is 20.8. The molecule has 1 fully saturated rings. The summed E-state index contributed by atoms with van der Waals surface area (Å²) in [5.41, 5.74) is 9.44. The van der Waals surface area contributed by atoms with Gasteiger partial charge in [0, 0.05) is 40.9 Å². The number of carbonyl (C=O) groups excluding carboxylic acids is 1. The van der Waals surface area contributed by atoms with E-state index in [9.17, 15) is 4.79 Å². The van der Waals surface area contributed by atoms with Gasteiger partial charge in [0.05, 0.1) is 29.3 Å². The van der Waals surface area contributed by atoms with Gasteiger partial charge in [-0.05, 0) is 43.2 Å². The number of thiazole rings is 1. The van der Waals surface area contributed by atoms with Crippen LogP contribution in [0.2, 0.25) is 0 Å². The zero-order chi connectivity index (χ0) is 23.0. The van der Waals surface area contributed by atoms with Gasteiger partial charge in [-0.15, -0.1) is 23.1 Å². The van der Waals surface area contributed by atoms with Crippen molar-refractivity contribution in [3.05, 3.63) is 58.1 Å². The van der Waals surface area contributed by atoms with Gasteiger partial charge in [-0.1, -0.05) is 26.0 Å². The average Bonchev–Trinajstić information content (AvgIpc) is 3.48. The Kier molecular flexibility index (Phi) is 6.22. The van der Waals surface area contributed by atoms with E-state index >= 15 is 0 Å². The Morgan fingerprint density at radius 2 is 2.06 bits per heavy atom. The van der Waals surface area contributed by atoms with Crippen LogP contribution < -0.4 is 5.73 Å². The van der Waals surface area contributed by atoms with Gasteiger partial charge in [0.15, 0.2) is 0 Å². The summed E-state index contributed by atoms with van der Waals surface area (Å²) in [5.74, 6) is 1.26. The minimum absolute atomic E-state index is 0.0650. The third kappa shape index (κ3) is 4.68. The first kappa shape index (κ1) is 22.5. The fourth-order valence-electron chi connectivity index (χ4n) is 4.91. The fraction of sp³-hybridized carbons (Fsp3) is 0.480. The van der Waals surface area contributed by atoms with E-state index in [4.69, 9.17) is 10.7 Å². The predicted molar refractivity (Wildman–Crippen MR) is 135 cm³/mol. The SMILES string of the molecule is CC1(C)CCC(c2ncc(C(=O)N3CCc4[nH]cnc4C3CSc3ccccc3N)s2)CC1. The van der Waals surface area contributed by atoms with Gasteiger partial charge >= 0.3 is 0 Å². The number of anilines is 1.